The fourth-order valence-corrected chi connectivity index (χ4v) is 3.84. The third-order valence-electron chi connectivity index (χ3n) is 4.46. The van der Waals surface area contributed by atoms with Gasteiger partial charge < -0.3 is 15.2 Å². The first-order valence-electron chi connectivity index (χ1n) is 9.51. The molecule has 0 unspecified atom stereocenters. The van der Waals surface area contributed by atoms with Gasteiger partial charge in [0.2, 0.25) is 0 Å². The Morgan fingerprint density at radius 3 is 2.55 bits per heavy atom. The summed E-state index contributed by atoms with van der Waals surface area (Å²) >= 11 is 1.18. The van der Waals surface area contributed by atoms with Gasteiger partial charge >= 0.3 is 5.97 Å². The van der Waals surface area contributed by atoms with Crippen molar-refractivity contribution >= 4 is 34.3 Å². The van der Waals surface area contributed by atoms with Gasteiger partial charge in [-0.05, 0) is 31.6 Å². The quantitative estimate of drug-likeness (QED) is 0.319. The maximum atomic E-state index is 12.8. The van der Waals surface area contributed by atoms with Gasteiger partial charge in [0.15, 0.2) is 0 Å². The highest BCUT2D eigenvalue weighted by Gasteiger charge is 2.23. The molecule has 0 radical (unpaired) electrons. The largest absolute Gasteiger partial charge is 0.507 e. The Kier molecular flexibility index (Phi) is 6.85. The summed E-state index contributed by atoms with van der Waals surface area (Å²) in [7, 11) is 0. The summed E-state index contributed by atoms with van der Waals surface area (Å²) in [5, 5.41) is 24.1. The highest BCUT2D eigenvalue weighted by Crippen LogP contribution is 2.36. The first-order chi connectivity index (χ1) is 14.9. The van der Waals surface area contributed by atoms with E-state index in [1.807, 2.05) is 37.3 Å². The number of anilines is 1. The number of carbonyl (C=O) groups excluding carboxylic acids is 2. The molecule has 0 aliphatic carbocycles. The predicted octanol–water partition coefficient (Wildman–Crippen LogP) is 5.15. The van der Waals surface area contributed by atoms with Crippen molar-refractivity contribution in [1.82, 2.24) is 0 Å². The van der Waals surface area contributed by atoms with Crippen LogP contribution in [-0.2, 0) is 9.53 Å². The van der Waals surface area contributed by atoms with Gasteiger partial charge in [0.1, 0.15) is 28.0 Å². The van der Waals surface area contributed by atoms with Crippen molar-refractivity contribution in [3.05, 3.63) is 76.2 Å². The van der Waals surface area contributed by atoms with Crippen LogP contribution in [0.1, 0.15) is 28.4 Å². The van der Waals surface area contributed by atoms with Crippen LogP contribution in [0.25, 0.3) is 17.2 Å². The van der Waals surface area contributed by atoms with Gasteiger partial charge in [-0.2, -0.15) is 5.26 Å². The van der Waals surface area contributed by atoms with Crippen LogP contribution in [0.3, 0.4) is 0 Å². The van der Waals surface area contributed by atoms with Crippen LogP contribution in [0.5, 0.6) is 5.75 Å². The average molecular weight is 433 g/mol. The van der Waals surface area contributed by atoms with Crippen LogP contribution in [-0.4, -0.2) is 23.6 Å². The van der Waals surface area contributed by atoms with E-state index in [4.69, 9.17) is 4.74 Å². The van der Waals surface area contributed by atoms with Crippen LogP contribution in [0, 0.1) is 18.3 Å². The average Bonchev–Trinajstić information content (AvgIpc) is 3.17. The number of amides is 1. The number of aryl methyl sites for hydroxylation is 1. The number of thiophene rings is 1. The lowest BCUT2D eigenvalue weighted by atomic mass is 10.0. The lowest BCUT2D eigenvalue weighted by Crippen LogP contribution is -2.16. The van der Waals surface area contributed by atoms with Gasteiger partial charge in [0.25, 0.3) is 5.91 Å². The van der Waals surface area contributed by atoms with E-state index in [-0.39, 0.29) is 28.5 Å². The predicted molar refractivity (Wildman–Crippen MR) is 121 cm³/mol. The number of nitriles is 1. The van der Waals surface area contributed by atoms with Crippen molar-refractivity contribution in [1.29, 1.82) is 5.26 Å². The number of rotatable bonds is 6. The SMILES string of the molecule is CCOC(=O)c1c(-c2ccc(C)cc2)csc1NC(=O)/C(C#N)=C/c1ccccc1O. The summed E-state index contributed by atoms with van der Waals surface area (Å²) in [5.74, 6) is -1.29. The Balaban J connectivity index is 1.97. The number of para-hydroxylation sites is 1. The normalized spacial score (nSPS) is 10.9. The molecule has 0 fully saturated rings. The third kappa shape index (κ3) is 5.00. The molecular weight excluding hydrogens is 412 g/mol. The number of benzene rings is 2. The number of phenolic OH excluding ortho intramolecular Hbond substituents is 1. The van der Waals surface area contributed by atoms with E-state index < -0.39 is 11.9 Å². The second kappa shape index (κ2) is 9.74. The van der Waals surface area contributed by atoms with E-state index in [9.17, 15) is 20.0 Å². The number of carbonyl (C=O) groups is 2. The summed E-state index contributed by atoms with van der Waals surface area (Å²) in [6.07, 6.45) is 1.29. The highest BCUT2D eigenvalue weighted by molar-refractivity contribution is 7.15. The van der Waals surface area contributed by atoms with Crippen molar-refractivity contribution in [2.45, 2.75) is 13.8 Å². The fraction of sp³-hybridized carbons (Fsp3) is 0.125. The highest BCUT2D eigenvalue weighted by atomic mass is 32.1. The van der Waals surface area contributed by atoms with Crippen LogP contribution in [0.15, 0.2) is 59.5 Å². The minimum Gasteiger partial charge on any atom is -0.507 e. The van der Waals surface area contributed by atoms with Crippen molar-refractivity contribution in [2.75, 3.05) is 11.9 Å². The Morgan fingerprint density at radius 1 is 1.19 bits per heavy atom. The molecule has 0 spiro atoms. The number of ether oxygens (including phenoxy) is 1. The maximum absolute atomic E-state index is 12.8. The monoisotopic (exact) mass is 432 g/mol. The minimum absolute atomic E-state index is 0.0481. The lowest BCUT2D eigenvalue weighted by Gasteiger charge is -2.09. The molecule has 1 aromatic heterocycles. The van der Waals surface area contributed by atoms with Gasteiger partial charge in [0, 0.05) is 16.5 Å². The molecule has 0 saturated carbocycles. The molecule has 0 aliphatic rings. The molecule has 0 aliphatic heterocycles. The zero-order valence-corrected chi connectivity index (χ0v) is 17.8. The van der Waals surface area contributed by atoms with Gasteiger partial charge in [-0.3, -0.25) is 4.79 Å². The Labute approximate surface area is 184 Å². The van der Waals surface area contributed by atoms with E-state index in [1.54, 1.807) is 30.5 Å². The number of esters is 1. The zero-order chi connectivity index (χ0) is 22.4. The summed E-state index contributed by atoms with van der Waals surface area (Å²) in [4.78, 5) is 25.4. The number of nitrogens with one attached hydrogen (secondary N) is 1. The topological polar surface area (TPSA) is 99.4 Å². The molecule has 0 bridgehead atoms. The summed E-state index contributed by atoms with van der Waals surface area (Å²) in [6.45, 7) is 3.86. The Hall–Kier alpha value is -3.89. The molecule has 156 valence electrons. The smallest absolute Gasteiger partial charge is 0.341 e. The molecule has 0 saturated heterocycles. The second-order valence-corrected chi connectivity index (χ2v) is 7.50. The molecule has 2 N–H and O–H groups in total. The number of phenols is 1. The fourth-order valence-electron chi connectivity index (χ4n) is 2.89. The van der Waals surface area contributed by atoms with E-state index in [2.05, 4.69) is 5.32 Å². The van der Waals surface area contributed by atoms with E-state index in [1.165, 1.54) is 23.5 Å². The Bertz CT molecular complexity index is 1190. The molecule has 6 nitrogen and oxygen atoms in total. The number of hydrogen-bond acceptors (Lipinski definition) is 6. The van der Waals surface area contributed by atoms with Crippen molar-refractivity contribution < 1.29 is 19.4 Å². The van der Waals surface area contributed by atoms with Crippen LogP contribution in [0.2, 0.25) is 0 Å². The Morgan fingerprint density at radius 2 is 1.90 bits per heavy atom. The van der Waals surface area contributed by atoms with E-state index in [0.29, 0.717) is 11.1 Å². The van der Waals surface area contributed by atoms with Crippen LogP contribution in [0.4, 0.5) is 5.00 Å². The minimum atomic E-state index is -0.686. The van der Waals surface area contributed by atoms with Gasteiger partial charge in [-0.25, -0.2) is 4.79 Å². The first kappa shape index (κ1) is 21.8. The number of hydrogen-bond donors (Lipinski definition) is 2. The second-order valence-electron chi connectivity index (χ2n) is 6.62. The van der Waals surface area contributed by atoms with Gasteiger partial charge in [-0.1, -0.05) is 48.0 Å². The molecule has 0 atom stereocenters. The zero-order valence-electron chi connectivity index (χ0n) is 17.0. The van der Waals surface area contributed by atoms with E-state index in [0.717, 1.165) is 11.1 Å². The molecule has 31 heavy (non-hydrogen) atoms. The molecular formula is C24H20N2O4S. The van der Waals surface area contributed by atoms with Crippen molar-refractivity contribution in [3.8, 4) is 22.9 Å². The maximum Gasteiger partial charge on any atom is 0.341 e. The first-order valence-corrected chi connectivity index (χ1v) is 10.4. The summed E-state index contributed by atoms with van der Waals surface area (Å²) in [6, 6.07) is 15.9. The van der Waals surface area contributed by atoms with Gasteiger partial charge in [0.05, 0.1) is 6.61 Å². The summed E-state index contributed by atoms with van der Waals surface area (Å²) in [5.41, 5.74) is 2.91. The lowest BCUT2D eigenvalue weighted by molar-refractivity contribution is -0.112. The van der Waals surface area contributed by atoms with Crippen LogP contribution >= 0.6 is 11.3 Å². The molecule has 2 aromatic carbocycles. The van der Waals surface area contributed by atoms with Crippen molar-refractivity contribution in [2.24, 2.45) is 0 Å². The summed E-state index contributed by atoms with van der Waals surface area (Å²) < 4.78 is 5.20. The van der Waals surface area contributed by atoms with Crippen LogP contribution < -0.4 is 5.32 Å². The standard InChI is InChI=1S/C24H20N2O4S/c1-3-30-24(29)21-19(16-10-8-15(2)9-11-16)14-31-23(21)26-22(28)18(13-25)12-17-6-4-5-7-20(17)27/h4-12,14,27H,3H2,1-2H3,(H,26,28)/b18-12+. The molecule has 7 heteroatoms. The van der Waals surface area contributed by atoms with E-state index >= 15 is 0 Å². The third-order valence-corrected chi connectivity index (χ3v) is 5.36. The number of nitrogens with zero attached hydrogens (tertiary/aromatic N) is 1. The van der Waals surface area contributed by atoms with Gasteiger partial charge in [-0.15, -0.1) is 11.3 Å². The molecule has 3 aromatic rings. The molecule has 1 heterocycles. The molecule has 1 amide bonds. The number of aromatic hydroxyl groups is 1. The van der Waals surface area contributed by atoms with Crippen molar-refractivity contribution in [3.63, 3.8) is 0 Å². The molecule has 3 rings (SSSR count).